The molecule has 2 aromatic rings. The third-order valence-electron chi connectivity index (χ3n) is 5.12. The first-order valence-corrected chi connectivity index (χ1v) is 9.80. The smallest absolute Gasteiger partial charge is 0.230 e. The lowest BCUT2D eigenvalue weighted by Gasteiger charge is -2.21. The van der Waals surface area contributed by atoms with E-state index in [1.165, 1.54) is 5.56 Å². The molecule has 1 saturated carbocycles. The lowest BCUT2D eigenvalue weighted by atomic mass is 10.1. The summed E-state index contributed by atoms with van der Waals surface area (Å²) in [6, 6.07) is 18.2. The Morgan fingerprint density at radius 3 is 2.56 bits per heavy atom. The van der Waals surface area contributed by atoms with E-state index in [0.29, 0.717) is 19.5 Å². The second-order valence-corrected chi connectivity index (χ2v) is 7.25. The van der Waals surface area contributed by atoms with Gasteiger partial charge < -0.3 is 10.2 Å². The lowest BCUT2D eigenvalue weighted by Crippen LogP contribution is -2.34. The fourth-order valence-electron chi connectivity index (χ4n) is 3.50. The number of benzene rings is 2. The molecule has 1 aliphatic rings. The summed E-state index contributed by atoms with van der Waals surface area (Å²) in [5.41, 5.74) is 3.32. The van der Waals surface area contributed by atoms with Gasteiger partial charge in [0.25, 0.3) is 0 Å². The van der Waals surface area contributed by atoms with Crippen LogP contribution in [0.2, 0.25) is 0 Å². The second-order valence-electron chi connectivity index (χ2n) is 7.25. The van der Waals surface area contributed by atoms with Crippen LogP contribution in [0.15, 0.2) is 54.6 Å². The van der Waals surface area contributed by atoms with Crippen LogP contribution in [-0.2, 0) is 16.0 Å². The molecule has 1 aliphatic carbocycles. The van der Waals surface area contributed by atoms with Crippen molar-refractivity contribution in [1.82, 2.24) is 5.32 Å². The van der Waals surface area contributed by atoms with Crippen LogP contribution in [0.5, 0.6) is 0 Å². The van der Waals surface area contributed by atoms with Gasteiger partial charge in [-0.3, -0.25) is 9.59 Å². The molecule has 0 bridgehead atoms. The maximum absolute atomic E-state index is 12.8. The minimum atomic E-state index is -0.181. The maximum Gasteiger partial charge on any atom is 0.230 e. The molecule has 2 amide bonds. The summed E-state index contributed by atoms with van der Waals surface area (Å²) < 4.78 is 0. The largest absolute Gasteiger partial charge is 0.356 e. The molecule has 2 unspecified atom stereocenters. The Hall–Kier alpha value is -2.62. The third-order valence-corrected chi connectivity index (χ3v) is 5.12. The molecule has 0 aromatic heterocycles. The zero-order valence-electron chi connectivity index (χ0n) is 16.2. The molecule has 27 heavy (non-hydrogen) atoms. The highest BCUT2D eigenvalue weighted by Crippen LogP contribution is 2.41. The van der Waals surface area contributed by atoms with Crippen molar-refractivity contribution in [2.75, 3.05) is 18.0 Å². The van der Waals surface area contributed by atoms with Crippen molar-refractivity contribution in [3.63, 3.8) is 0 Å². The average molecular weight is 364 g/mol. The lowest BCUT2D eigenvalue weighted by molar-refractivity contribution is -0.126. The van der Waals surface area contributed by atoms with Crippen molar-refractivity contribution in [1.29, 1.82) is 0 Å². The van der Waals surface area contributed by atoms with E-state index in [0.717, 1.165) is 24.1 Å². The van der Waals surface area contributed by atoms with Crippen molar-refractivity contribution in [3.05, 3.63) is 65.7 Å². The fourth-order valence-corrected chi connectivity index (χ4v) is 3.50. The Balaban J connectivity index is 1.46. The van der Waals surface area contributed by atoms with E-state index in [1.807, 2.05) is 56.3 Å². The van der Waals surface area contributed by atoms with Gasteiger partial charge >= 0.3 is 0 Å². The molecule has 0 spiro atoms. The molecule has 0 saturated heterocycles. The molecule has 3 rings (SSSR count). The molecule has 0 heterocycles. The zero-order chi connectivity index (χ0) is 19.2. The monoisotopic (exact) mass is 364 g/mol. The molecular formula is C23H28N2O2. The van der Waals surface area contributed by atoms with Crippen LogP contribution in [0.1, 0.15) is 30.9 Å². The Labute approximate surface area is 161 Å². The van der Waals surface area contributed by atoms with Crippen molar-refractivity contribution in [3.8, 4) is 0 Å². The number of rotatable bonds is 8. The Morgan fingerprint density at radius 2 is 1.85 bits per heavy atom. The molecule has 0 radical (unpaired) electrons. The highest BCUT2D eigenvalue weighted by Gasteiger charge is 2.49. The normalized spacial score (nSPS) is 18.0. The van der Waals surface area contributed by atoms with Gasteiger partial charge in [0.2, 0.25) is 11.8 Å². The number of carbonyl (C=O) groups is 2. The van der Waals surface area contributed by atoms with E-state index < -0.39 is 0 Å². The van der Waals surface area contributed by atoms with Crippen molar-refractivity contribution >= 4 is 17.5 Å². The van der Waals surface area contributed by atoms with Gasteiger partial charge in [-0.25, -0.2) is 0 Å². The first-order valence-electron chi connectivity index (χ1n) is 9.80. The van der Waals surface area contributed by atoms with Gasteiger partial charge in [0.1, 0.15) is 0 Å². The number of nitrogens with one attached hydrogen (secondary N) is 1. The number of hydrogen-bond donors (Lipinski definition) is 1. The summed E-state index contributed by atoms with van der Waals surface area (Å²) in [6.07, 6.45) is 2.52. The van der Waals surface area contributed by atoms with Crippen LogP contribution >= 0.6 is 0 Å². The second kappa shape index (κ2) is 8.85. The molecule has 2 aromatic carbocycles. The Kier molecular flexibility index (Phi) is 6.28. The van der Waals surface area contributed by atoms with Gasteiger partial charge in [0.05, 0.1) is 11.8 Å². The topological polar surface area (TPSA) is 49.4 Å². The highest BCUT2D eigenvalue weighted by molar-refractivity contribution is 6.01. The van der Waals surface area contributed by atoms with E-state index in [9.17, 15) is 9.59 Å². The van der Waals surface area contributed by atoms with Gasteiger partial charge in [-0.2, -0.15) is 0 Å². The predicted molar refractivity (Wildman–Crippen MR) is 109 cm³/mol. The number of carbonyl (C=O) groups excluding carboxylic acids is 2. The van der Waals surface area contributed by atoms with Crippen LogP contribution in [0.4, 0.5) is 5.69 Å². The maximum atomic E-state index is 12.8. The SMILES string of the molecule is CCN(C(=O)C1CC1C(=O)NCCCc1ccccc1)c1cccc(C)c1. The quantitative estimate of drug-likeness (QED) is 0.726. The van der Waals surface area contributed by atoms with Crippen LogP contribution in [0.25, 0.3) is 0 Å². The summed E-state index contributed by atoms with van der Waals surface area (Å²) in [6.45, 7) is 5.26. The molecule has 4 nitrogen and oxygen atoms in total. The van der Waals surface area contributed by atoms with E-state index in [-0.39, 0.29) is 23.7 Å². The van der Waals surface area contributed by atoms with Gasteiger partial charge in [-0.05, 0) is 56.4 Å². The first-order chi connectivity index (χ1) is 13.1. The van der Waals surface area contributed by atoms with E-state index in [1.54, 1.807) is 4.90 Å². The van der Waals surface area contributed by atoms with Crippen LogP contribution in [0.3, 0.4) is 0 Å². The van der Waals surface area contributed by atoms with Crippen LogP contribution in [-0.4, -0.2) is 24.9 Å². The Bertz CT molecular complexity index is 788. The number of hydrogen-bond acceptors (Lipinski definition) is 2. The summed E-state index contributed by atoms with van der Waals surface area (Å²) in [4.78, 5) is 27.0. The van der Waals surface area contributed by atoms with E-state index in [4.69, 9.17) is 0 Å². The molecule has 1 fully saturated rings. The summed E-state index contributed by atoms with van der Waals surface area (Å²) in [7, 11) is 0. The van der Waals surface area contributed by atoms with E-state index in [2.05, 4.69) is 17.4 Å². The fraction of sp³-hybridized carbons (Fsp3) is 0.391. The predicted octanol–water partition coefficient (Wildman–Crippen LogP) is 3.73. The number of nitrogens with zero attached hydrogens (tertiary/aromatic N) is 1. The zero-order valence-corrected chi connectivity index (χ0v) is 16.2. The van der Waals surface area contributed by atoms with E-state index >= 15 is 0 Å². The number of amides is 2. The molecule has 4 heteroatoms. The van der Waals surface area contributed by atoms with Crippen molar-refractivity contribution in [2.24, 2.45) is 11.8 Å². The highest BCUT2D eigenvalue weighted by atomic mass is 16.2. The van der Waals surface area contributed by atoms with Gasteiger partial charge in [0, 0.05) is 18.8 Å². The Morgan fingerprint density at radius 1 is 1.07 bits per heavy atom. The molecule has 0 aliphatic heterocycles. The summed E-state index contributed by atoms with van der Waals surface area (Å²) >= 11 is 0. The van der Waals surface area contributed by atoms with Gasteiger partial charge in [-0.1, -0.05) is 42.5 Å². The van der Waals surface area contributed by atoms with Crippen LogP contribution in [0, 0.1) is 18.8 Å². The molecule has 142 valence electrons. The van der Waals surface area contributed by atoms with Crippen molar-refractivity contribution in [2.45, 2.75) is 33.1 Å². The number of anilines is 1. The minimum absolute atomic E-state index is 0.0155. The first kappa shape index (κ1) is 19.2. The molecular weight excluding hydrogens is 336 g/mol. The average Bonchev–Trinajstić information content (AvgIpc) is 3.47. The molecule has 1 N–H and O–H groups in total. The van der Waals surface area contributed by atoms with Gasteiger partial charge in [-0.15, -0.1) is 0 Å². The minimum Gasteiger partial charge on any atom is -0.356 e. The third kappa shape index (κ3) is 4.97. The van der Waals surface area contributed by atoms with Crippen LogP contribution < -0.4 is 10.2 Å². The van der Waals surface area contributed by atoms with Gasteiger partial charge in [0.15, 0.2) is 0 Å². The summed E-state index contributed by atoms with van der Waals surface area (Å²) in [5, 5.41) is 3.00. The standard InChI is InChI=1S/C23H28N2O2/c1-3-25(19-13-7-9-17(2)15-19)23(27)21-16-20(21)22(26)24-14-8-12-18-10-5-4-6-11-18/h4-7,9-11,13,15,20-21H,3,8,12,14,16H2,1-2H3,(H,24,26). The summed E-state index contributed by atoms with van der Waals surface area (Å²) in [5.74, 6) is -0.276. The molecule has 2 atom stereocenters. The van der Waals surface area contributed by atoms with Crippen molar-refractivity contribution < 1.29 is 9.59 Å². The number of aryl methyl sites for hydroxylation is 2.